The zero-order valence-electron chi connectivity index (χ0n) is 14.9. The van der Waals surface area contributed by atoms with E-state index in [-0.39, 0.29) is 18.2 Å². The summed E-state index contributed by atoms with van der Waals surface area (Å²) in [6, 6.07) is 5.58. The number of aromatic nitrogens is 5. The summed E-state index contributed by atoms with van der Waals surface area (Å²) in [5.74, 6) is -0.417. The van der Waals surface area contributed by atoms with Gasteiger partial charge in [-0.3, -0.25) is 14.8 Å². The largest absolute Gasteiger partial charge is 0.291 e. The first-order valence-corrected chi connectivity index (χ1v) is 8.99. The molecule has 28 heavy (non-hydrogen) atoms. The summed E-state index contributed by atoms with van der Waals surface area (Å²) in [6.45, 7) is 3.42. The summed E-state index contributed by atoms with van der Waals surface area (Å²) in [7, 11) is 0. The molecule has 3 aromatic rings. The van der Waals surface area contributed by atoms with Crippen LogP contribution in [0.25, 0.3) is 0 Å². The van der Waals surface area contributed by atoms with Crippen LogP contribution in [0.2, 0.25) is 10.0 Å². The molecule has 3 rings (SSSR count). The van der Waals surface area contributed by atoms with E-state index in [4.69, 9.17) is 23.2 Å². The molecule has 0 aliphatic rings. The van der Waals surface area contributed by atoms with Gasteiger partial charge in [-0.15, -0.1) is 5.10 Å². The molecule has 2 aromatic heterocycles. The van der Waals surface area contributed by atoms with Crippen LogP contribution in [0.4, 0.5) is 14.7 Å². The van der Waals surface area contributed by atoms with Crippen molar-refractivity contribution in [2.75, 3.05) is 5.32 Å². The quantitative estimate of drug-likeness (QED) is 0.635. The molecule has 1 atom stereocenters. The number of halogens is 4. The molecule has 7 nitrogen and oxygen atoms in total. The zero-order valence-corrected chi connectivity index (χ0v) is 16.4. The summed E-state index contributed by atoms with van der Waals surface area (Å²) in [6.07, 6.45) is -1.28. The molecular formula is C17H16Cl2F2N6O. The fourth-order valence-electron chi connectivity index (χ4n) is 2.61. The minimum absolute atomic E-state index is 0.0684. The number of benzene rings is 1. The number of aryl methyl sites for hydroxylation is 1. The van der Waals surface area contributed by atoms with E-state index in [0.29, 0.717) is 21.3 Å². The maximum Gasteiger partial charge on any atom is 0.282 e. The van der Waals surface area contributed by atoms with Crippen LogP contribution in [0.1, 0.15) is 36.3 Å². The number of carbonyl (C=O) groups excluding carboxylic acids is 1. The van der Waals surface area contributed by atoms with Gasteiger partial charge in [0.05, 0.1) is 6.54 Å². The minimum Gasteiger partial charge on any atom is -0.291 e. The predicted octanol–water partition coefficient (Wildman–Crippen LogP) is 4.28. The fraction of sp³-hybridized carbons (Fsp3) is 0.294. The third-order valence-electron chi connectivity index (χ3n) is 4.06. The van der Waals surface area contributed by atoms with Gasteiger partial charge in [0.15, 0.2) is 0 Å². The van der Waals surface area contributed by atoms with Crippen molar-refractivity contribution in [1.82, 2.24) is 24.5 Å². The van der Waals surface area contributed by atoms with E-state index < -0.39 is 18.4 Å². The number of anilines is 1. The van der Waals surface area contributed by atoms with Crippen LogP contribution < -0.4 is 5.32 Å². The smallest absolute Gasteiger partial charge is 0.282 e. The Morgan fingerprint density at radius 1 is 1.25 bits per heavy atom. The number of amides is 1. The number of carbonyl (C=O) groups is 1. The minimum atomic E-state index is -2.70. The Hall–Kier alpha value is -2.52. The van der Waals surface area contributed by atoms with E-state index >= 15 is 0 Å². The van der Waals surface area contributed by atoms with Gasteiger partial charge in [-0.1, -0.05) is 29.3 Å². The predicted molar refractivity (Wildman–Crippen MR) is 101 cm³/mol. The first-order chi connectivity index (χ1) is 13.3. The van der Waals surface area contributed by atoms with Crippen molar-refractivity contribution in [2.45, 2.75) is 32.9 Å². The Kier molecular flexibility index (Phi) is 5.95. The molecule has 11 heteroatoms. The number of hydrogen-bond acceptors (Lipinski definition) is 4. The number of nitrogens with one attached hydrogen (secondary N) is 1. The molecule has 1 N–H and O–H groups in total. The van der Waals surface area contributed by atoms with E-state index in [1.54, 1.807) is 32.0 Å². The van der Waals surface area contributed by atoms with E-state index in [2.05, 4.69) is 20.5 Å². The molecule has 0 bridgehead atoms. The second kappa shape index (κ2) is 8.24. The molecule has 0 spiro atoms. The Labute approximate surface area is 169 Å². The van der Waals surface area contributed by atoms with Gasteiger partial charge < -0.3 is 0 Å². The van der Waals surface area contributed by atoms with Crippen molar-refractivity contribution < 1.29 is 13.6 Å². The lowest BCUT2D eigenvalue weighted by Gasteiger charge is -2.13. The molecule has 1 amide bonds. The normalized spacial score (nSPS) is 12.4. The molecule has 0 aliphatic heterocycles. The van der Waals surface area contributed by atoms with Gasteiger partial charge in [-0.2, -0.15) is 5.10 Å². The lowest BCUT2D eigenvalue weighted by molar-refractivity contribution is -0.119. The molecule has 0 radical (unpaired) electrons. The van der Waals surface area contributed by atoms with Gasteiger partial charge in [-0.05, 0) is 32.0 Å². The molecular weight excluding hydrogens is 413 g/mol. The van der Waals surface area contributed by atoms with Crippen molar-refractivity contribution in [2.24, 2.45) is 0 Å². The highest BCUT2D eigenvalue weighted by molar-refractivity contribution is 6.35. The van der Waals surface area contributed by atoms with Crippen LogP contribution in [-0.4, -0.2) is 30.5 Å². The molecule has 2 heterocycles. The van der Waals surface area contributed by atoms with Gasteiger partial charge in [0.25, 0.3) is 12.3 Å². The summed E-state index contributed by atoms with van der Waals surface area (Å²) in [5, 5.41) is 11.5. The van der Waals surface area contributed by atoms with Gasteiger partial charge in [0.1, 0.15) is 18.1 Å². The van der Waals surface area contributed by atoms with Crippen LogP contribution in [0.3, 0.4) is 0 Å². The lowest BCUT2D eigenvalue weighted by Crippen LogP contribution is -2.26. The van der Waals surface area contributed by atoms with Gasteiger partial charge in [-0.25, -0.2) is 18.4 Å². The highest BCUT2D eigenvalue weighted by atomic mass is 35.5. The molecule has 0 fully saturated rings. The standard InChI is InChI=1S/C17H16Cl2F2N6O/c1-9-6-14(15(20)21)24-27(9)10(2)16(28)23-17-22-8-26(25-17)7-11-12(18)4-3-5-13(11)19/h3-6,8,10,15H,7H2,1-2H3,(H,23,25,28). The van der Waals surface area contributed by atoms with Gasteiger partial charge >= 0.3 is 0 Å². The van der Waals surface area contributed by atoms with E-state index in [0.717, 1.165) is 0 Å². The third kappa shape index (κ3) is 4.31. The summed E-state index contributed by atoms with van der Waals surface area (Å²) in [4.78, 5) is 16.5. The Balaban J connectivity index is 1.70. The van der Waals surface area contributed by atoms with Crippen molar-refractivity contribution >= 4 is 35.1 Å². The number of nitrogens with zero attached hydrogens (tertiary/aromatic N) is 5. The maximum atomic E-state index is 12.8. The highest BCUT2D eigenvalue weighted by Crippen LogP contribution is 2.25. The molecule has 1 aromatic carbocycles. The first kappa shape index (κ1) is 20.2. The Bertz CT molecular complexity index is 983. The zero-order chi connectivity index (χ0) is 20.4. The Morgan fingerprint density at radius 2 is 1.93 bits per heavy atom. The number of rotatable bonds is 6. The second-order valence-corrected chi connectivity index (χ2v) is 6.90. The monoisotopic (exact) mass is 428 g/mol. The summed E-state index contributed by atoms with van der Waals surface area (Å²) in [5.41, 5.74) is 0.745. The average molecular weight is 429 g/mol. The maximum absolute atomic E-state index is 12.8. The Morgan fingerprint density at radius 3 is 2.54 bits per heavy atom. The van der Waals surface area contributed by atoms with Crippen LogP contribution >= 0.6 is 23.2 Å². The molecule has 0 aliphatic carbocycles. The topological polar surface area (TPSA) is 77.6 Å². The van der Waals surface area contributed by atoms with Crippen LogP contribution in [-0.2, 0) is 11.3 Å². The van der Waals surface area contributed by atoms with Crippen molar-refractivity contribution in [3.05, 3.63) is 57.6 Å². The third-order valence-corrected chi connectivity index (χ3v) is 4.77. The highest BCUT2D eigenvalue weighted by Gasteiger charge is 2.22. The molecule has 1 unspecified atom stereocenters. The van der Waals surface area contributed by atoms with Gasteiger partial charge in [0.2, 0.25) is 5.95 Å². The van der Waals surface area contributed by atoms with Crippen LogP contribution in [0, 0.1) is 6.92 Å². The SMILES string of the molecule is Cc1cc(C(F)F)nn1C(C)C(=O)Nc1ncn(Cc2c(Cl)cccc2Cl)n1. The van der Waals surface area contributed by atoms with Gasteiger partial charge in [0, 0.05) is 21.3 Å². The lowest BCUT2D eigenvalue weighted by atomic mass is 10.2. The van der Waals surface area contributed by atoms with E-state index in [1.807, 2.05) is 0 Å². The summed E-state index contributed by atoms with van der Waals surface area (Å²) < 4.78 is 28.3. The summed E-state index contributed by atoms with van der Waals surface area (Å²) >= 11 is 12.3. The second-order valence-electron chi connectivity index (χ2n) is 6.09. The number of hydrogen-bond donors (Lipinski definition) is 1. The van der Waals surface area contributed by atoms with Crippen LogP contribution in [0.15, 0.2) is 30.6 Å². The molecule has 0 saturated heterocycles. The number of alkyl halides is 2. The van der Waals surface area contributed by atoms with E-state index in [1.165, 1.54) is 21.8 Å². The fourth-order valence-corrected chi connectivity index (χ4v) is 3.13. The first-order valence-electron chi connectivity index (χ1n) is 8.23. The average Bonchev–Trinajstić information content (AvgIpc) is 3.24. The van der Waals surface area contributed by atoms with Crippen molar-refractivity contribution in [1.29, 1.82) is 0 Å². The molecule has 148 valence electrons. The van der Waals surface area contributed by atoms with Crippen molar-refractivity contribution in [3.63, 3.8) is 0 Å². The molecule has 0 saturated carbocycles. The van der Waals surface area contributed by atoms with Crippen molar-refractivity contribution in [3.8, 4) is 0 Å². The van der Waals surface area contributed by atoms with Crippen LogP contribution in [0.5, 0.6) is 0 Å². The van der Waals surface area contributed by atoms with E-state index in [9.17, 15) is 13.6 Å².